The topological polar surface area (TPSA) is 0 Å². The van der Waals surface area contributed by atoms with Crippen molar-refractivity contribution in [3.8, 4) is 0 Å². The first-order valence-electron chi connectivity index (χ1n) is 8.99. The number of thiophene rings is 1. The quantitative estimate of drug-likeness (QED) is 0.560. The van der Waals surface area contributed by atoms with E-state index in [4.69, 9.17) is 0 Å². The van der Waals surface area contributed by atoms with Crippen molar-refractivity contribution in [2.45, 2.75) is 41.5 Å². The lowest BCUT2D eigenvalue weighted by atomic mass is 10.1. The van der Waals surface area contributed by atoms with E-state index in [1.165, 1.54) is 13.8 Å². The highest BCUT2D eigenvalue weighted by Gasteiger charge is 2.07. The Hall–Kier alpha value is -2.40. The van der Waals surface area contributed by atoms with E-state index >= 15 is 0 Å². The van der Waals surface area contributed by atoms with Crippen LogP contribution in [0.3, 0.4) is 0 Å². The fourth-order valence-electron chi connectivity index (χ4n) is 1.98. The molecule has 5 heteroatoms. The van der Waals surface area contributed by atoms with Crippen LogP contribution in [0.1, 0.15) is 38.8 Å². The molecular formula is C24H28F4S. The van der Waals surface area contributed by atoms with Crippen molar-refractivity contribution in [3.05, 3.63) is 78.7 Å². The van der Waals surface area contributed by atoms with Gasteiger partial charge < -0.3 is 0 Å². The summed E-state index contributed by atoms with van der Waals surface area (Å²) in [5.74, 6) is -2.41. The van der Waals surface area contributed by atoms with Gasteiger partial charge in [0.1, 0.15) is 11.7 Å². The molecule has 158 valence electrons. The van der Waals surface area contributed by atoms with E-state index in [1.54, 1.807) is 26.0 Å². The van der Waals surface area contributed by atoms with E-state index in [-0.39, 0.29) is 9.06 Å². The van der Waals surface area contributed by atoms with Gasteiger partial charge in [0.15, 0.2) is 11.6 Å². The molecule has 1 aromatic carbocycles. The van der Waals surface area contributed by atoms with E-state index in [0.29, 0.717) is 32.7 Å². The predicted octanol–water partition coefficient (Wildman–Crippen LogP) is 5.48. The first kappa shape index (κ1) is 26.6. The average Bonchev–Trinajstić information content (AvgIpc) is 2.98. The van der Waals surface area contributed by atoms with Crippen molar-refractivity contribution in [2.75, 3.05) is 0 Å². The molecule has 0 N–H and O–H groups in total. The molecular weight excluding hydrogens is 396 g/mol. The third-order valence-electron chi connectivity index (χ3n) is 3.73. The number of halogens is 4. The third kappa shape index (κ3) is 6.57. The molecule has 0 aliphatic heterocycles. The Morgan fingerprint density at radius 2 is 1.03 bits per heavy atom. The summed E-state index contributed by atoms with van der Waals surface area (Å²) in [6.07, 6.45) is 0. The van der Waals surface area contributed by atoms with Gasteiger partial charge in [-0.1, -0.05) is 52.3 Å². The van der Waals surface area contributed by atoms with Crippen LogP contribution in [0, 0.1) is 25.5 Å². The van der Waals surface area contributed by atoms with Gasteiger partial charge in [-0.15, -0.1) is 11.3 Å². The third-order valence-corrected chi connectivity index (χ3v) is 4.99. The van der Waals surface area contributed by atoms with Gasteiger partial charge in [0.05, 0.1) is 9.06 Å². The zero-order valence-corrected chi connectivity index (χ0v) is 18.7. The molecule has 0 amide bonds. The van der Waals surface area contributed by atoms with Gasteiger partial charge in [-0.2, -0.15) is 0 Å². The highest BCUT2D eigenvalue weighted by atomic mass is 32.1. The van der Waals surface area contributed by atoms with Gasteiger partial charge >= 0.3 is 0 Å². The summed E-state index contributed by atoms with van der Waals surface area (Å²) < 4.78 is 53.4. The van der Waals surface area contributed by atoms with Gasteiger partial charge in [0, 0.05) is 0 Å². The molecule has 0 saturated carbocycles. The normalized spacial score (nSPS) is 12.1. The van der Waals surface area contributed by atoms with Gasteiger partial charge in [-0.25, -0.2) is 17.6 Å². The lowest BCUT2D eigenvalue weighted by Gasteiger charge is -1.99. The minimum Gasteiger partial charge on any atom is -0.205 e. The van der Waals surface area contributed by atoms with Crippen molar-refractivity contribution in [2.24, 2.45) is 0 Å². The minimum atomic E-state index is -0.736. The molecule has 0 atom stereocenters. The molecule has 0 aliphatic rings. The second-order valence-corrected chi connectivity index (χ2v) is 7.25. The monoisotopic (exact) mass is 424 g/mol. The second-order valence-electron chi connectivity index (χ2n) is 6.23. The number of hydrogen-bond donors (Lipinski definition) is 0. The van der Waals surface area contributed by atoms with Gasteiger partial charge in [-0.3, -0.25) is 0 Å². The number of rotatable bonds is 2. The zero-order chi connectivity index (χ0) is 23.0. The number of allylic oxidation sites excluding steroid dienone is 2. The van der Waals surface area contributed by atoms with Crippen LogP contribution >= 0.6 is 11.3 Å². The Bertz CT molecular complexity index is 1030. The molecule has 0 bridgehead atoms. The van der Waals surface area contributed by atoms with Crippen LogP contribution in [-0.2, 0) is 0 Å². The molecule has 0 aliphatic carbocycles. The molecule has 0 radical (unpaired) electrons. The van der Waals surface area contributed by atoms with Crippen LogP contribution in [0.15, 0.2) is 36.4 Å². The van der Waals surface area contributed by atoms with E-state index in [1.807, 2.05) is 13.8 Å². The van der Waals surface area contributed by atoms with Gasteiger partial charge in [0.25, 0.3) is 0 Å². The van der Waals surface area contributed by atoms with E-state index in [9.17, 15) is 17.6 Å². The standard InChI is InChI=1S/C14H14F2S.C8H8F2.C2H6/c1-7(2)11(15)13-9(5)10(6)14(17-13)12(16)8(3)4;1-5-3-4-6(2)8(10)7(5)9;1-2/h1,3,5-6H2,2,4H3;3-4H,1-2H3;1-2H3/b13-11-,14-12-;;. The highest BCUT2D eigenvalue weighted by molar-refractivity contribution is 7.07. The Morgan fingerprint density at radius 1 is 0.759 bits per heavy atom. The second kappa shape index (κ2) is 11.6. The lowest BCUT2D eigenvalue weighted by Crippen LogP contribution is -2.36. The Labute approximate surface area is 174 Å². The molecule has 29 heavy (non-hydrogen) atoms. The Kier molecular flexibility index (Phi) is 10.6. The van der Waals surface area contributed by atoms with Crippen molar-refractivity contribution < 1.29 is 17.6 Å². The summed E-state index contributed by atoms with van der Waals surface area (Å²) >= 11 is 0.988. The fraction of sp³-hybridized carbons (Fsp3) is 0.250. The molecule has 0 unspecified atom stereocenters. The molecule has 0 fully saturated rings. The van der Waals surface area contributed by atoms with E-state index < -0.39 is 23.3 Å². The molecule has 2 rings (SSSR count). The van der Waals surface area contributed by atoms with Gasteiger partial charge in [0.2, 0.25) is 0 Å². The van der Waals surface area contributed by atoms with Crippen LogP contribution < -0.4 is 19.5 Å². The summed E-state index contributed by atoms with van der Waals surface area (Å²) in [6, 6.07) is 3.13. The predicted molar refractivity (Wildman–Crippen MR) is 120 cm³/mol. The number of benzene rings is 1. The molecule has 0 saturated heterocycles. The summed E-state index contributed by atoms with van der Waals surface area (Å²) in [5.41, 5.74) is 1.28. The first-order chi connectivity index (χ1) is 13.4. The summed E-state index contributed by atoms with van der Waals surface area (Å²) in [7, 11) is 0. The van der Waals surface area contributed by atoms with Crippen LogP contribution in [0.4, 0.5) is 17.6 Å². The number of hydrogen-bond acceptors (Lipinski definition) is 1. The van der Waals surface area contributed by atoms with Crippen LogP contribution in [-0.4, -0.2) is 0 Å². The maximum atomic E-state index is 13.8. The molecule has 1 heterocycles. The smallest absolute Gasteiger partial charge is 0.161 e. The van der Waals surface area contributed by atoms with Crippen molar-refractivity contribution >= 4 is 36.1 Å². The Morgan fingerprint density at radius 3 is 1.28 bits per heavy atom. The molecule has 0 spiro atoms. The Balaban J connectivity index is 0.000000554. The minimum absolute atomic E-state index is 0.286. The van der Waals surface area contributed by atoms with Crippen LogP contribution in [0.5, 0.6) is 0 Å². The average molecular weight is 425 g/mol. The molecule has 1 aromatic heterocycles. The fourth-order valence-corrected chi connectivity index (χ4v) is 3.21. The van der Waals surface area contributed by atoms with Crippen molar-refractivity contribution in [3.63, 3.8) is 0 Å². The molecule has 2 aromatic rings. The van der Waals surface area contributed by atoms with E-state index in [2.05, 4.69) is 26.3 Å². The number of aryl methyl sites for hydroxylation is 2. The van der Waals surface area contributed by atoms with Gasteiger partial charge in [-0.05, 0) is 60.4 Å². The SMILES string of the molecule is C=C(C)/C(F)=c1/s/c(=C(\F)C(=C)C)c(=C)c1=C.CC.Cc1ccc(C)c(F)c1F. The first-order valence-corrected chi connectivity index (χ1v) is 9.81. The lowest BCUT2D eigenvalue weighted by molar-refractivity contribution is 0.497. The maximum absolute atomic E-state index is 13.8. The van der Waals surface area contributed by atoms with Crippen LogP contribution in [0.25, 0.3) is 24.8 Å². The molecule has 0 nitrogen and oxygen atoms in total. The van der Waals surface area contributed by atoms with E-state index in [0.717, 1.165) is 11.3 Å². The summed E-state index contributed by atoms with van der Waals surface area (Å²) in [4.78, 5) is 0. The summed E-state index contributed by atoms with van der Waals surface area (Å²) in [6.45, 7) is 24.7. The summed E-state index contributed by atoms with van der Waals surface area (Å²) in [5, 5.41) is 0.809. The largest absolute Gasteiger partial charge is 0.205 e. The van der Waals surface area contributed by atoms with Crippen LogP contribution in [0.2, 0.25) is 0 Å². The zero-order valence-electron chi connectivity index (χ0n) is 17.9. The highest BCUT2D eigenvalue weighted by Crippen LogP contribution is 2.13. The maximum Gasteiger partial charge on any atom is 0.161 e. The van der Waals surface area contributed by atoms with Crippen molar-refractivity contribution in [1.82, 2.24) is 0 Å². The van der Waals surface area contributed by atoms with Crippen molar-refractivity contribution in [1.29, 1.82) is 0 Å².